The summed E-state index contributed by atoms with van der Waals surface area (Å²) in [7, 11) is 0. The van der Waals surface area contributed by atoms with Gasteiger partial charge in [-0.3, -0.25) is 9.59 Å². The van der Waals surface area contributed by atoms with Crippen molar-refractivity contribution in [1.29, 1.82) is 5.26 Å². The van der Waals surface area contributed by atoms with Crippen LogP contribution in [0, 0.1) is 11.3 Å². The van der Waals surface area contributed by atoms with E-state index >= 15 is 0 Å². The van der Waals surface area contributed by atoms with Gasteiger partial charge >= 0.3 is 5.97 Å². The van der Waals surface area contributed by atoms with Gasteiger partial charge in [-0.2, -0.15) is 5.26 Å². The Morgan fingerprint density at radius 3 is 2.26 bits per heavy atom. The molecule has 0 fully saturated rings. The third-order valence-corrected chi connectivity index (χ3v) is 3.18. The largest absolute Gasteiger partial charge is 0.478 e. The predicted octanol–water partition coefficient (Wildman–Crippen LogP) is 2.71. The van der Waals surface area contributed by atoms with E-state index in [2.05, 4.69) is 5.32 Å². The minimum atomic E-state index is -1.21. The van der Waals surface area contributed by atoms with Gasteiger partial charge in [-0.15, -0.1) is 0 Å². The Morgan fingerprint density at radius 1 is 1.04 bits per heavy atom. The van der Waals surface area contributed by atoms with Crippen molar-refractivity contribution in [2.24, 2.45) is 0 Å². The first kappa shape index (κ1) is 15.9. The number of hydrogen-bond donors (Lipinski definition) is 2. The molecule has 114 valence electrons. The lowest BCUT2D eigenvalue weighted by Crippen LogP contribution is -2.16. The minimum Gasteiger partial charge on any atom is -0.478 e. The minimum absolute atomic E-state index is 0.00847. The average molecular weight is 308 g/mol. The number of hydrogen-bond acceptors (Lipinski definition) is 4. The summed E-state index contributed by atoms with van der Waals surface area (Å²) in [6.07, 6.45) is 0. The van der Waals surface area contributed by atoms with E-state index in [1.54, 1.807) is 6.07 Å². The van der Waals surface area contributed by atoms with Gasteiger partial charge in [0.15, 0.2) is 5.78 Å². The molecule has 6 heteroatoms. The number of carbonyl (C=O) groups is 3. The van der Waals surface area contributed by atoms with Gasteiger partial charge < -0.3 is 10.4 Å². The van der Waals surface area contributed by atoms with Gasteiger partial charge in [0.25, 0.3) is 5.91 Å². The number of nitrogens with zero attached hydrogens (tertiary/aromatic N) is 1. The highest BCUT2D eigenvalue weighted by Crippen LogP contribution is 2.18. The average Bonchev–Trinajstić information content (AvgIpc) is 2.54. The highest BCUT2D eigenvalue weighted by Gasteiger charge is 2.16. The molecule has 2 aromatic carbocycles. The van der Waals surface area contributed by atoms with Crippen LogP contribution in [0.25, 0.3) is 0 Å². The molecule has 2 rings (SSSR count). The number of carbonyl (C=O) groups excluding carboxylic acids is 2. The number of nitriles is 1. The number of anilines is 1. The molecule has 0 radical (unpaired) electrons. The molecule has 0 aliphatic rings. The van der Waals surface area contributed by atoms with E-state index in [0.717, 1.165) is 0 Å². The molecule has 0 aliphatic heterocycles. The van der Waals surface area contributed by atoms with Crippen LogP contribution >= 0.6 is 0 Å². The zero-order valence-corrected chi connectivity index (χ0v) is 12.2. The van der Waals surface area contributed by atoms with Crippen molar-refractivity contribution in [3.63, 3.8) is 0 Å². The molecule has 0 atom stereocenters. The third kappa shape index (κ3) is 3.41. The van der Waals surface area contributed by atoms with Crippen molar-refractivity contribution < 1.29 is 19.5 Å². The first-order chi connectivity index (χ1) is 10.9. The lowest BCUT2D eigenvalue weighted by molar-refractivity contribution is 0.0692. The van der Waals surface area contributed by atoms with Gasteiger partial charge in [-0.25, -0.2) is 4.79 Å². The second kappa shape index (κ2) is 6.54. The summed E-state index contributed by atoms with van der Waals surface area (Å²) in [4.78, 5) is 34.8. The zero-order chi connectivity index (χ0) is 17.0. The molecule has 1 amide bonds. The van der Waals surface area contributed by atoms with Crippen LogP contribution < -0.4 is 5.32 Å². The van der Waals surface area contributed by atoms with Crippen molar-refractivity contribution in [2.75, 3.05) is 5.32 Å². The summed E-state index contributed by atoms with van der Waals surface area (Å²) in [5.74, 6) is -2.07. The number of nitrogens with one attached hydrogen (secondary N) is 1. The van der Waals surface area contributed by atoms with E-state index in [0.29, 0.717) is 5.69 Å². The van der Waals surface area contributed by atoms with E-state index < -0.39 is 11.9 Å². The van der Waals surface area contributed by atoms with Crippen LogP contribution in [0.15, 0.2) is 42.5 Å². The second-order valence-electron chi connectivity index (χ2n) is 4.73. The topological polar surface area (TPSA) is 107 Å². The standard InChI is InChI=1S/C17H12N2O4/c1-10(20)13-7-6-12(8-11(13)9-18)19-16(21)14-4-2-3-5-15(14)17(22)23/h2-8H,1H3,(H,19,21)(H,22,23). The quantitative estimate of drug-likeness (QED) is 0.844. The Hall–Kier alpha value is -3.46. The fraction of sp³-hybridized carbons (Fsp3) is 0.0588. The Kier molecular flexibility index (Phi) is 4.52. The fourth-order valence-corrected chi connectivity index (χ4v) is 2.09. The molecule has 0 saturated heterocycles. The number of aromatic carboxylic acids is 1. The summed E-state index contributed by atoms with van der Waals surface area (Å²) in [6.45, 7) is 1.34. The van der Waals surface area contributed by atoms with Gasteiger partial charge in [0.1, 0.15) is 0 Å². The predicted molar refractivity (Wildman–Crippen MR) is 82.5 cm³/mol. The number of carboxylic acids is 1. The molecule has 0 spiro atoms. The molecule has 0 unspecified atom stereocenters. The molecule has 23 heavy (non-hydrogen) atoms. The molecule has 0 saturated carbocycles. The number of ketones is 1. The Bertz CT molecular complexity index is 850. The number of carboxylic acid groups (broad SMARTS) is 1. The van der Waals surface area contributed by atoms with Gasteiger partial charge in [-0.05, 0) is 37.3 Å². The molecular weight excluding hydrogens is 296 g/mol. The van der Waals surface area contributed by atoms with Crippen molar-refractivity contribution >= 4 is 23.3 Å². The summed E-state index contributed by atoms with van der Waals surface area (Å²) in [5.41, 5.74) is 0.593. The Labute approximate surface area is 132 Å². The number of benzene rings is 2. The maximum absolute atomic E-state index is 12.2. The fourth-order valence-electron chi connectivity index (χ4n) is 2.09. The van der Waals surface area contributed by atoms with Gasteiger partial charge in [0, 0.05) is 11.3 Å². The van der Waals surface area contributed by atoms with Crippen LogP contribution in [0.2, 0.25) is 0 Å². The number of rotatable bonds is 4. The van der Waals surface area contributed by atoms with Crippen molar-refractivity contribution in [3.05, 3.63) is 64.7 Å². The van der Waals surface area contributed by atoms with Crippen LogP contribution in [0.1, 0.15) is 43.6 Å². The molecule has 6 nitrogen and oxygen atoms in total. The summed E-state index contributed by atoms with van der Waals surface area (Å²) in [5, 5.41) is 20.7. The van der Waals surface area contributed by atoms with Crippen LogP contribution in [0.5, 0.6) is 0 Å². The molecule has 0 aliphatic carbocycles. The SMILES string of the molecule is CC(=O)c1ccc(NC(=O)c2ccccc2C(=O)O)cc1C#N. The number of amides is 1. The van der Waals surface area contributed by atoms with Crippen LogP contribution in [-0.4, -0.2) is 22.8 Å². The smallest absolute Gasteiger partial charge is 0.336 e. The molecule has 0 aromatic heterocycles. The Balaban J connectivity index is 2.33. The Morgan fingerprint density at radius 2 is 1.70 bits per heavy atom. The van der Waals surface area contributed by atoms with E-state index in [1.807, 2.05) is 6.07 Å². The highest BCUT2D eigenvalue weighted by molar-refractivity contribution is 6.11. The van der Waals surface area contributed by atoms with Crippen molar-refractivity contribution in [1.82, 2.24) is 0 Å². The lowest BCUT2D eigenvalue weighted by Gasteiger charge is -2.09. The van der Waals surface area contributed by atoms with Crippen LogP contribution in [-0.2, 0) is 0 Å². The first-order valence-electron chi connectivity index (χ1n) is 6.62. The third-order valence-electron chi connectivity index (χ3n) is 3.18. The monoisotopic (exact) mass is 308 g/mol. The highest BCUT2D eigenvalue weighted by atomic mass is 16.4. The van der Waals surface area contributed by atoms with Crippen LogP contribution in [0.4, 0.5) is 5.69 Å². The zero-order valence-electron chi connectivity index (χ0n) is 12.2. The lowest BCUT2D eigenvalue weighted by atomic mass is 10.0. The van der Waals surface area contributed by atoms with E-state index in [9.17, 15) is 14.4 Å². The number of Topliss-reactive ketones (excluding diaryl/α,β-unsaturated/α-hetero) is 1. The summed E-state index contributed by atoms with van der Waals surface area (Å²) in [6, 6.07) is 12.0. The molecule has 0 bridgehead atoms. The van der Waals surface area contributed by atoms with E-state index in [-0.39, 0.29) is 28.0 Å². The molecule has 2 N–H and O–H groups in total. The summed E-state index contributed by atoms with van der Waals surface area (Å²) < 4.78 is 0. The van der Waals surface area contributed by atoms with Gasteiger partial charge in [-0.1, -0.05) is 12.1 Å². The molecule has 0 heterocycles. The second-order valence-corrected chi connectivity index (χ2v) is 4.73. The van der Waals surface area contributed by atoms with E-state index in [4.69, 9.17) is 10.4 Å². The van der Waals surface area contributed by atoms with Crippen LogP contribution in [0.3, 0.4) is 0 Å². The van der Waals surface area contributed by atoms with Crippen molar-refractivity contribution in [2.45, 2.75) is 6.92 Å². The first-order valence-corrected chi connectivity index (χ1v) is 6.62. The normalized spacial score (nSPS) is 9.74. The molecule has 2 aromatic rings. The van der Waals surface area contributed by atoms with Crippen molar-refractivity contribution in [3.8, 4) is 6.07 Å². The van der Waals surface area contributed by atoms with Gasteiger partial charge in [0.05, 0.1) is 22.8 Å². The van der Waals surface area contributed by atoms with Gasteiger partial charge in [0.2, 0.25) is 0 Å². The molecular formula is C17H12N2O4. The maximum Gasteiger partial charge on any atom is 0.336 e. The van der Waals surface area contributed by atoms with E-state index in [1.165, 1.54) is 43.3 Å². The summed E-state index contributed by atoms with van der Waals surface area (Å²) >= 11 is 0. The maximum atomic E-state index is 12.2.